The van der Waals surface area contributed by atoms with Gasteiger partial charge in [0.25, 0.3) is 0 Å². The van der Waals surface area contributed by atoms with Crippen molar-refractivity contribution in [1.29, 1.82) is 0 Å². The molecule has 2 atom stereocenters. The lowest BCUT2D eigenvalue weighted by molar-refractivity contribution is -0.135. The molecule has 0 bridgehead atoms. The van der Waals surface area contributed by atoms with Crippen molar-refractivity contribution in [3.05, 3.63) is 51.7 Å². The monoisotopic (exact) mass is 471 g/mol. The topological polar surface area (TPSA) is 61.9 Å². The number of hydrogen-bond acceptors (Lipinski definition) is 4. The zero-order valence-electron chi connectivity index (χ0n) is 20.3. The minimum atomic E-state index is -0.161. The maximum atomic E-state index is 13.5. The lowest BCUT2D eigenvalue weighted by Crippen LogP contribution is -2.50. The normalized spacial score (nSPS) is 16.1. The highest BCUT2D eigenvalue weighted by Crippen LogP contribution is 2.34. The van der Waals surface area contributed by atoms with Crippen LogP contribution in [0.2, 0.25) is 0 Å². The van der Waals surface area contributed by atoms with E-state index in [0.29, 0.717) is 32.2 Å². The fourth-order valence-electron chi connectivity index (χ4n) is 4.01. The molecule has 0 fully saturated rings. The average Bonchev–Trinajstić information content (AvgIpc) is 3.30. The van der Waals surface area contributed by atoms with E-state index in [1.165, 1.54) is 10.4 Å². The Morgan fingerprint density at radius 2 is 2.00 bits per heavy atom. The van der Waals surface area contributed by atoms with Gasteiger partial charge >= 0.3 is 6.03 Å². The molecule has 0 unspecified atom stereocenters. The van der Waals surface area contributed by atoms with Gasteiger partial charge in [0.15, 0.2) is 0 Å². The Bertz CT molecular complexity index is 912. The maximum absolute atomic E-state index is 13.5. The molecule has 0 saturated heterocycles. The fourth-order valence-corrected chi connectivity index (χ4v) is 4.93. The van der Waals surface area contributed by atoms with Crippen molar-refractivity contribution in [1.82, 2.24) is 15.1 Å². The number of carbonyl (C=O) groups excluding carboxylic acids is 2. The van der Waals surface area contributed by atoms with Gasteiger partial charge in [-0.15, -0.1) is 11.3 Å². The van der Waals surface area contributed by atoms with E-state index in [-0.39, 0.29) is 24.5 Å². The summed E-state index contributed by atoms with van der Waals surface area (Å²) in [6.07, 6.45) is 2.66. The van der Waals surface area contributed by atoms with Gasteiger partial charge in [0.2, 0.25) is 5.91 Å². The summed E-state index contributed by atoms with van der Waals surface area (Å²) >= 11 is 1.74. The molecule has 3 amide bonds. The first-order valence-electron chi connectivity index (χ1n) is 12.0. The largest absolute Gasteiger partial charge is 0.491 e. The summed E-state index contributed by atoms with van der Waals surface area (Å²) < 4.78 is 6.11. The number of urea groups is 1. The van der Waals surface area contributed by atoms with Crippen LogP contribution in [-0.4, -0.2) is 54.5 Å². The first-order chi connectivity index (χ1) is 15.9. The van der Waals surface area contributed by atoms with Crippen molar-refractivity contribution in [2.24, 2.45) is 5.92 Å². The number of benzene rings is 1. The summed E-state index contributed by atoms with van der Waals surface area (Å²) in [5.41, 5.74) is 2.34. The number of fused-ring (bicyclic) bond motifs is 1. The van der Waals surface area contributed by atoms with Crippen molar-refractivity contribution < 1.29 is 14.3 Å². The molecule has 1 N–H and O–H groups in total. The minimum Gasteiger partial charge on any atom is -0.491 e. The van der Waals surface area contributed by atoms with Crippen LogP contribution in [0.3, 0.4) is 0 Å². The average molecular weight is 472 g/mol. The summed E-state index contributed by atoms with van der Waals surface area (Å²) in [7, 11) is 0. The summed E-state index contributed by atoms with van der Waals surface area (Å²) in [6, 6.07) is 9.76. The van der Waals surface area contributed by atoms with Crippen LogP contribution in [0.15, 0.2) is 35.7 Å². The zero-order valence-corrected chi connectivity index (χ0v) is 21.1. The molecule has 6 nitrogen and oxygen atoms in total. The summed E-state index contributed by atoms with van der Waals surface area (Å²) in [5, 5.41) is 5.03. The Morgan fingerprint density at radius 1 is 1.24 bits per heavy atom. The Balaban J connectivity index is 1.74. The molecule has 0 saturated carbocycles. The third kappa shape index (κ3) is 6.73. The Hall–Kier alpha value is -2.54. The molecule has 1 aliphatic rings. The molecule has 3 rings (SSSR count). The van der Waals surface area contributed by atoms with Gasteiger partial charge in [-0.05, 0) is 54.8 Å². The summed E-state index contributed by atoms with van der Waals surface area (Å²) in [5.74, 6) is 1.10. The standard InChI is InChI=1S/C26H37N3O3S/c1-5-13-27-26(31)28(16-19(3)6-2)17-25(30)29-14-11-24-22(12-15-33-24)23(29)18-32-21-9-7-20(4)8-10-21/h7-10,12,15,19,23H,5-6,11,13-14,16-18H2,1-4H3,(H,27,31)/t19-,23+/m0/s1. The highest BCUT2D eigenvalue weighted by Gasteiger charge is 2.33. The van der Waals surface area contributed by atoms with E-state index in [0.717, 1.165) is 30.6 Å². The third-order valence-corrected chi connectivity index (χ3v) is 7.21. The van der Waals surface area contributed by atoms with E-state index < -0.39 is 0 Å². The van der Waals surface area contributed by atoms with Gasteiger partial charge in [0, 0.05) is 24.5 Å². The highest BCUT2D eigenvalue weighted by atomic mass is 32.1. The van der Waals surface area contributed by atoms with Crippen LogP contribution < -0.4 is 10.1 Å². The van der Waals surface area contributed by atoms with E-state index in [1.807, 2.05) is 43.0 Å². The Labute approximate surface area is 201 Å². The number of aryl methyl sites for hydroxylation is 1. The van der Waals surface area contributed by atoms with Crippen molar-refractivity contribution in [3.8, 4) is 5.75 Å². The van der Waals surface area contributed by atoms with Crippen LogP contribution in [0.4, 0.5) is 4.79 Å². The Morgan fingerprint density at radius 3 is 2.70 bits per heavy atom. The van der Waals surface area contributed by atoms with Gasteiger partial charge < -0.3 is 19.9 Å². The molecular weight excluding hydrogens is 434 g/mol. The van der Waals surface area contributed by atoms with Crippen LogP contribution >= 0.6 is 11.3 Å². The van der Waals surface area contributed by atoms with E-state index in [1.54, 1.807) is 16.2 Å². The fraction of sp³-hybridized carbons (Fsp3) is 0.538. The predicted molar refractivity (Wildman–Crippen MR) is 134 cm³/mol. The van der Waals surface area contributed by atoms with Crippen LogP contribution in [-0.2, 0) is 11.2 Å². The van der Waals surface area contributed by atoms with Crippen molar-refractivity contribution in [2.45, 2.75) is 53.0 Å². The molecule has 180 valence electrons. The number of thiophene rings is 1. The molecule has 1 aromatic carbocycles. The highest BCUT2D eigenvalue weighted by molar-refractivity contribution is 7.10. The first-order valence-corrected chi connectivity index (χ1v) is 12.9. The summed E-state index contributed by atoms with van der Waals surface area (Å²) in [4.78, 5) is 31.2. The first kappa shape index (κ1) is 25.1. The SMILES string of the molecule is CCCNC(=O)N(CC(=O)N1CCc2sccc2[C@H]1COc1ccc(C)cc1)C[C@@H](C)CC. The molecule has 0 aliphatic carbocycles. The van der Waals surface area contributed by atoms with E-state index in [4.69, 9.17) is 4.74 Å². The molecule has 33 heavy (non-hydrogen) atoms. The second-order valence-corrected chi connectivity index (χ2v) is 9.90. The van der Waals surface area contributed by atoms with Gasteiger partial charge in [-0.1, -0.05) is 44.9 Å². The molecule has 0 radical (unpaired) electrons. The maximum Gasteiger partial charge on any atom is 0.317 e. The molecule has 2 heterocycles. The molecule has 1 aromatic heterocycles. The van der Waals surface area contributed by atoms with Crippen molar-refractivity contribution in [3.63, 3.8) is 0 Å². The van der Waals surface area contributed by atoms with E-state index in [9.17, 15) is 9.59 Å². The van der Waals surface area contributed by atoms with E-state index in [2.05, 4.69) is 30.6 Å². The second kappa shape index (κ2) is 12.1. The quantitative estimate of drug-likeness (QED) is 0.529. The predicted octanol–water partition coefficient (Wildman–Crippen LogP) is 5.03. The van der Waals surface area contributed by atoms with Crippen LogP contribution in [0.1, 0.15) is 55.7 Å². The van der Waals surface area contributed by atoms with Gasteiger partial charge in [0.05, 0.1) is 6.04 Å². The Kier molecular flexibility index (Phi) is 9.18. The van der Waals surface area contributed by atoms with Gasteiger partial charge in [-0.25, -0.2) is 4.79 Å². The molecule has 7 heteroatoms. The van der Waals surface area contributed by atoms with Gasteiger partial charge in [-0.3, -0.25) is 4.79 Å². The van der Waals surface area contributed by atoms with Crippen LogP contribution in [0.25, 0.3) is 0 Å². The number of carbonyl (C=O) groups is 2. The number of amides is 3. The smallest absolute Gasteiger partial charge is 0.317 e. The number of ether oxygens (including phenoxy) is 1. The van der Waals surface area contributed by atoms with Gasteiger partial charge in [0.1, 0.15) is 18.9 Å². The molecule has 0 spiro atoms. The lowest BCUT2D eigenvalue weighted by atomic mass is 10.00. The number of rotatable bonds is 10. The number of nitrogens with one attached hydrogen (secondary N) is 1. The summed E-state index contributed by atoms with van der Waals surface area (Å²) in [6.45, 7) is 10.6. The zero-order chi connectivity index (χ0) is 23.8. The van der Waals surface area contributed by atoms with Crippen LogP contribution in [0.5, 0.6) is 5.75 Å². The van der Waals surface area contributed by atoms with Crippen molar-refractivity contribution in [2.75, 3.05) is 32.8 Å². The molecule has 2 aromatic rings. The van der Waals surface area contributed by atoms with Gasteiger partial charge in [-0.2, -0.15) is 0 Å². The minimum absolute atomic E-state index is 0.0284. The number of nitrogens with zero attached hydrogens (tertiary/aromatic N) is 2. The second-order valence-electron chi connectivity index (χ2n) is 8.90. The van der Waals surface area contributed by atoms with E-state index >= 15 is 0 Å². The van der Waals surface area contributed by atoms with Crippen LogP contribution in [0, 0.1) is 12.8 Å². The number of hydrogen-bond donors (Lipinski definition) is 1. The molecule has 1 aliphatic heterocycles. The third-order valence-electron chi connectivity index (χ3n) is 6.21. The van der Waals surface area contributed by atoms with Crippen molar-refractivity contribution >= 4 is 23.3 Å². The molecular formula is C26H37N3O3S. The lowest BCUT2D eigenvalue weighted by Gasteiger charge is -2.37.